The molecule has 0 aliphatic carbocycles. The minimum absolute atomic E-state index is 0.118. The molecule has 1 aliphatic heterocycles. The first-order valence-electron chi connectivity index (χ1n) is 6.59. The van der Waals surface area contributed by atoms with Gasteiger partial charge in [0.25, 0.3) is 0 Å². The fourth-order valence-electron chi connectivity index (χ4n) is 2.81. The maximum atomic E-state index is 11.9. The molecule has 1 saturated heterocycles. The van der Waals surface area contributed by atoms with Gasteiger partial charge in [-0.05, 0) is 24.7 Å². The molecule has 110 valence electrons. The number of hydrogen-bond donors (Lipinski definition) is 0. The standard InChI is InChI=1S/C15H21NO4/c1-16-8-11(12(9-16)15(17)20-4)10-5-6-13(18-2)14(7-10)19-3/h5-7,11-12H,8-9H2,1-4H3. The summed E-state index contributed by atoms with van der Waals surface area (Å²) in [4.78, 5) is 14.1. The van der Waals surface area contributed by atoms with Gasteiger partial charge in [-0.1, -0.05) is 6.07 Å². The van der Waals surface area contributed by atoms with E-state index in [1.165, 1.54) is 7.11 Å². The lowest BCUT2D eigenvalue weighted by Gasteiger charge is -2.18. The molecule has 0 radical (unpaired) electrons. The molecule has 1 aliphatic rings. The van der Waals surface area contributed by atoms with Crippen molar-refractivity contribution in [1.29, 1.82) is 0 Å². The van der Waals surface area contributed by atoms with Gasteiger partial charge in [0.1, 0.15) is 0 Å². The molecule has 0 aromatic heterocycles. The third-order valence-corrected chi connectivity index (χ3v) is 3.84. The number of rotatable bonds is 4. The van der Waals surface area contributed by atoms with E-state index in [2.05, 4.69) is 4.90 Å². The Bertz CT molecular complexity index is 489. The van der Waals surface area contributed by atoms with Crippen LogP contribution in [-0.4, -0.2) is 52.3 Å². The van der Waals surface area contributed by atoms with Gasteiger partial charge in [0.15, 0.2) is 11.5 Å². The topological polar surface area (TPSA) is 48.0 Å². The number of benzene rings is 1. The van der Waals surface area contributed by atoms with Gasteiger partial charge in [-0.3, -0.25) is 4.79 Å². The number of esters is 1. The first-order chi connectivity index (χ1) is 9.60. The molecule has 1 fully saturated rings. The van der Waals surface area contributed by atoms with Crippen LogP contribution in [0.25, 0.3) is 0 Å². The maximum Gasteiger partial charge on any atom is 0.310 e. The Morgan fingerprint density at radius 1 is 1.15 bits per heavy atom. The number of ether oxygens (including phenoxy) is 3. The van der Waals surface area contributed by atoms with Crippen molar-refractivity contribution < 1.29 is 19.0 Å². The lowest BCUT2D eigenvalue weighted by Crippen LogP contribution is -2.23. The first kappa shape index (κ1) is 14.7. The van der Waals surface area contributed by atoms with Gasteiger partial charge in [0.05, 0.1) is 27.2 Å². The molecule has 0 spiro atoms. The van der Waals surface area contributed by atoms with Crippen molar-refractivity contribution in [2.24, 2.45) is 5.92 Å². The van der Waals surface area contributed by atoms with E-state index in [-0.39, 0.29) is 17.8 Å². The fourth-order valence-corrected chi connectivity index (χ4v) is 2.81. The van der Waals surface area contributed by atoms with Gasteiger partial charge in [-0.25, -0.2) is 0 Å². The number of carbonyl (C=O) groups is 1. The highest BCUT2D eigenvalue weighted by atomic mass is 16.5. The highest BCUT2D eigenvalue weighted by molar-refractivity contribution is 5.74. The van der Waals surface area contributed by atoms with Crippen LogP contribution in [0.2, 0.25) is 0 Å². The Morgan fingerprint density at radius 3 is 2.45 bits per heavy atom. The van der Waals surface area contributed by atoms with E-state index >= 15 is 0 Å². The van der Waals surface area contributed by atoms with Crippen LogP contribution in [0.3, 0.4) is 0 Å². The summed E-state index contributed by atoms with van der Waals surface area (Å²) in [5, 5.41) is 0. The van der Waals surface area contributed by atoms with Crippen LogP contribution in [0, 0.1) is 5.92 Å². The van der Waals surface area contributed by atoms with Crippen LogP contribution < -0.4 is 9.47 Å². The number of likely N-dealkylation sites (N-methyl/N-ethyl adjacent to an activating group) is 1. The largest absolute Gasteiger partial charge is 0.493 e. The van der Waals surface area contributed by atoms with Gasteiger partial charge < -0.3 is 19.1 Å². The third kappa shape index (κ3) is 2.72. The summed E-state index contributed by atoms with van der Waals surface area (Å²) in [6, 6.07) is 5.81. The first-order valence-corrected chi connectivity index (χ1v) is 6.59. The van der Waals surface area contributed by atoms with Crippen LogP contribution in [0.5, 0.6) is 11.5 Å². The van der Waals surface area contributed by atoms with Crippen LogP contribution in [0.4, 0.5) is 0 Å². The van der Waals surface area contributed by atoms with Crippen LogP contribution in [-0.2, 0) is 9.53 Å². The van der Waals surface area contributed by atoms with Crippen molar-refractivity contribution in [1.82, 2.24) is 4.90 Å². The third-order valence-electron chi connectivity index (χ3n) is 3.84. The smallest absolute Gasteiger partial charge is 0.310 e. The molecule has 2 rings (SSSR count). The Balaban J connectivity index is 2.31. The summed E-state index contributed by atoms with van der Waals surface area (Å²) in [6.45, 7) is 1.54. The Hall–Kier alpha value is -1.75. The summed E-state index contributed by atoms with van der Waals surface area (Å²) in [5.41, 5.74) is 1.07. The molecule has 2 atom stereocenters. The number of methoxy groups -OCH3 is 3. The van der Waals surface area contributed by atoms with E-state index in [0.29, 0.717) is 18.0 Å². The second-order valence-electron chi connectivity index (χ2n) is 5.07. The molecule has 1 aromatic rings. The molecule has 1 aromatic carbocycles. The van der Waals surface area contributed by atoms with Gasteiger partial charge in [0, 0.05) is 19.0 Å². The highest BCUT2D eigenvalue weighted by Crippen LogP contribution is 2.37. The number of carbonyl (C=O) groups excluding carboxylic acids is 1. The summed E-state index contributed by atoms with van der Waals surface area (Å²) in [5.74, 6) is 1.20. The van der Waals surface area contributed by atoms with Gasteiger partial charge in [0.2, 0.25) is 0 Å². The minimum atomic E-state index is -0.158. The normalized spacial score (nSPS) is 22.6. The van der Waals surface area contributed by atoms with Crippen molar-refractivity contribution >= 4 is 5.97 Å². The highest BCUT2D eigenvalue weighted by Gasteiger charge is 2.38. The second kappa shape index (κ2) is 6.13. The van der Waals surface area contributed by atoms with Gasteiger partial charge in [-0.15, -0.1) is 0 Å². The molecular formula is C15H21NO4. The van der Waals surface area contributed by atoms with E-state index in [4.69, 9.17) is 14.2 Å². The molecule has 5 heteroatoms. The Kier molecular flexibility index (Phi) is 4.49. The van der Waals surface area contributed by atoms with Crippen LogP contribution in [0.1, 0.15) is 11.5 Å². The van der Waals surface area contributed by atoms with E-state index in [1.807, 2.05) is 25.2 Å². The van der Waals surface area contributed by atoms with Crippen molar-refractivity contribution in [3.05, 3.63) is 23.8 Å². The van der Waals surface area contributed by atoms with E-state index in [9.17, 15) is 4.79 Å². The fraction of sp³-hybridized carbons (Fsp3) is 0.533. The lowest BCUT2D eigenvalue weighted by atomic mass is 9.89. The number of hydrogen-bond acceptors (Lipinski definition) is 5. The number of likely N-dealkylation sites (tertiary alicyclic amines) is 1. The van der Waals surface area contributed by atoms with Gasteiger partial charge in [-0.2, -0.15) is 0 Å². The maximum absolute atomic E-state index is 11.9. The molecule has 1 heterocycles. The van der Waals surface area contributed by atoms with Crippen molar-refractivity contribution in [3.8, 4) is 11.5 Å². The zero-order chi connectivity index (χ0) is 14.7. The van der Waals surface area contributed by atoms with E-state index < -0.39 is 0 Å². The second-order valence-corrected chi connectivity index (χ2v) is 5.07. The average Bonchev–Trinajstić information content (AvgIpc) is 2.87. The molecule has 0 amide bonds. The predicted molar refractivity (Wildman–Crippen MR) is 75.3 cm³/mol. The summed E-state index contributed by atoms with van der Waals surface area (Å²) in [6.07, 6.45) is 0. The SMILES string of the molecule is COC(=O)C1CN(C)CC1c1ccc(OC)c(OC)c1. The monoisotopic (exact) mass is 279 g/mol. The molecule has 0 N–H and O–H groups in total. The van der Waals surface area contributed by atoms with Crippen LogP contribution >= 0.6 is 0 Å². The molecule has 5 nitrogen and oxygen atoms in total. The predicted octanol–water partition coefficient (Wildman–Crippen LogP) is 1.52. The number of nitrogens with zero attached hydrogens (tertiary/aromatic N) is 1. The Labute approximate surface area is 119 Å². The summed E-state index contributed by atoms with van der Waals surface area (Å²) < 4.78 is 15.5. The average molecular weight is 279 g/mol. The minimum Gasteiger partial charge on any atom is -0.493 e. The molecule has 0 saturated carbocycles. The quantitative estimate of drug-likeness (QED) is 0.782. The van der Waals surface area contributed by atoms with Crippen molar-refractivity contribution in [2.45, 2.75) is 5.92 Å². The summed E-state index contributed by atoms with van der Waals surface area (Å²) >= 11 is 0. The molecular weight excluding hydrogens is 258 g/mol. The molecule has 2 unspecified atom stereocenters. The van der Waals surface area contributed by atoms with Crippen molar-refractivity contribution in [3.63, 3.8) is 0 Å². The van der Waals surface area contributed by atoms with Crippen LogP contribution in [0.15, 0.2) is 18.2 Å². The van der Waals surface area contributed by atoms with Crippen molar-refractivity contribution in [2.75, 3.05) is 41.5 Å². The lowest BCUT2D eigenvalue weighted by molar-refractivity contribution is -0.145. The zero-order valence-electron chi connectivity index (χ0n) is 12.4. The van der Waals surface area contributed by atoms with Gasteiger partial charge >= 0.3 is 5.97 Å². The molecule has 0 bridgehead atoms. The van der Waals surface area contributed by atoms with E-state index in [1.54, 1.807) is 14.2 Å². The molecule has 20 heavy (non-hydrogen) atoms. The van der Waals surface area contributed by atoms with E-state index in [0.717, 1.165) is 12.1 Å². The zero-order valence-corrected chi connectivity index (χ0v) is 12.4. The Morgan fingerprint density at radius 2 is 1.85 bits per heavy atom. The summed E-state index contributed by atoms with van der Waals surface area (Å²) in [7, 11) is 6.67.